The summed E-state index contributed by atoms with van der Waals surface area (Å²) in [5, 5.41) is 0. The van der Waals surface area contributed by atoms with E-state index in [9.17, 15) is 8.42 Å². The second kappa shape index (κ2) is 4.55. The second-order valence-electron chi connectivity index (χ2n) is 4.20. The van der Waals surface area contributed by atoms with Gasteiger partial charge >= 0.3 is 10.1 Å². The molecule has 0 bridgehead atoms. The summed E-state index contributed by atoms with van der Waals surface area (Å²) in [5.41, 5.74) is 8.51. The average Bonchev–Trinajstić information content (AvgIpc) is 2.83. The number of hydrogen-bond donors (Lipinski definition) is 2. The van der Waals surface area contributed by atoms with E-state index in [-0.39, 0.29) is 4.34 Å². The van der Waals surface area contributed by atoms with Crippen molar-refractivity contribution in [2.75, 3.05) is 5.73 Å². The second-order valence-corrected chi connectivity index (χ2v) is 6.82. The molecule has 0 unspecified atom stereocenters. The predicted molar refractivity (Wildman–Crippen MR) is 79.3 cm³/mol. The molecule has 0 amide bonds. The zero-order valence-corrected chi connectivity index (χ0v) is 11.8. The maximum atomic E-state index is 11.2. The van der Waals surface area contributed by atoms with Crippen LogP contribution in [0.5, 0.6) is 0 Å². The van der Waals surface area contributed by atoms with Crippen LogP contribution < -0.4 is 5.73 Å². The Hall–Kier alpha value is -1.96. The minimum absolute atomic E-state index is 0.324. The van der Waals surface area contributed by atoms with Crippen LogP contribution in [0.1, 0.15) is 0 Å². The van der Waals surface area contributed by atoms with E-state index < -0.39 is 10.1 Å². The number of thiazole rings is 1. The molecule has 0 saturated carbocycles. The van der Waals surface area contributed by atoms with Crippen LogP contribution in [-0.2, 0) is 10.1 Å². The molecule has 0 aliphatic rings. The number of rotatable bonds is 2. The van der Waals surface area contributed by atoms with Gasteiger partial charge in [-0.2, -0.15) is 8.42 Å². The van der Waals surface area contributed by atoms with Crippen molar-refractivity contribution < 1.29 is 13.0 Å². The molecule has 0 saturated heterocycles. The standard InChI is InChI=1S/C13H10N2O3S2/c14-9-6-7-10-12(15-13(19-10)20(16,17)18)11(9)8-4-2-1-3-5-8/h1-7H,14H2,(H,16,17,18). The van der Waals surface area contributed by atoms with Crippen LogP contribution in [0.3, 0.4) is 0 Å². The molecule has 1 heterocycles. The lowest BCUT2D eigenvalue weighted by Gasteiger charge is -2.06. The van der Waals surface area contributed by atoms with E-state index in [2.05, 4.69) is 4.98 Å². The van der Waals surface area contributed by atoms with Gasteiger partial charge < -0.3 is 5.73 Å². The molecule has 0 spiro atoms. The van der Waals surface area contributed by atoms with E-state index in [0.29, 0.717) is 21.5 Å². The normalized spacial score (nSPS) is 11.8. The molecule has 7 heteroatoms. The number of nitrogens with zero attached hydrogens (tertiary/aromatic N) is 1. The Morgan fingerprint density at radius 3 is 2.45 bits per heavy atom. The third-order valence-electron chi connectivity index (χ3n) is 2.86. The zero-order valence-electron chi connectivity index (χ0n) is 10.1. The van der Waals surface area contributed by atoms with Gasteiger partial charge in [-0.25, -0.2) is 4.98 Å². The van der Waals surface area contributed by atoms with Crippen molar-refractivity contribution in [3.05, 3.63) is 42.5 Å². The summed E-state index contributed by atoms with van der Waals surface area (Å²) < 4.78 is 31.9. The molecule has 3 aromatic rings. The van der Waals surface area contributed by atoms with Gasteiger partial charge in [0.2, 0.25) is 4.34 Å². The van der Waals surface area contributed by atoms with Crippen LogP contribution in [-0.4, -0.2) is 18.0 Å². The first kappa shape index (κ1) is 13.0. The maximum Gasteiger partial charge on any atom is 0.322 e. The lowest BCUT2D eigenvalue weighted by Crippen LogP contribution is -1.96. The number of hydrogen-bond acceptors (Lipinski definition) is 5. The third-order valence-corrected chi connectivity index (χ3v) is 5.09. The average molecular weight is 306 g/mol. The molecule has 20 heavy (non-hydrogen) atoms. The lowest BCUT2D eigenvalue weighted by atomic mass is 10.0. The van der Waals surface area contributed by atoms with Gasteiger partial charge in [-0.15, -0.1) is 11.3 Å². The maximum absolute atomic E-state index is 11.2. The number of nitrogens with two attached hydrogens (primary N) is 1. The van der Waals surface area contributed by atoms with Crippen LogP contribution in [0.4, 0.5) is 5.69 Å². The van der Waals surface area contributed by atoms with E-state index in [1.165, 1.54) is 0 Å². The van der Waals surface area contributed by atoms with Gasteiger partial charge in [-0.05, 0) is 17.7 Å². The van der Waals surface area contributed by atoms with Crippen LogP contribution in [0.25, 0.3) is 21.3 Å². The van der Waals surface area contributed by atoms with Gasteiger partial charge in [-0.3, -0.25) is 4.55 Å². The molecule has 3 rings (SSSR count). The fraction of sp³-hybridized carbons (Fsp3) is 0. The molecule has 3 N–H and O–H groups in total. The van der Waals surface area contributed by atoms with E-state index in [1.807, 2.05) is 30.3 Å². The molecular weight excluding hydrogens is 296 g/mol. The predicted octanol–water partition coefficient (Wildman–Crippen LogP) is 2.79. The Morgan fingerprint density at radius 1 is 1.10 bits per heavy atom. The third kappa shape index (κ3) is 2.15. The number of anilines is 1. The van der Waals surface area contributed by atoms with Crippen LogP contribution >= 0.6 is 11.3 Å². The Labute approximate surface area is 119 Å². The Kier molecular flexibility index (Phi) is 2.97. The van der Waals surface area contributed by atoms with E-state index in [4.69, 9.17) is 10.3 Å². The Morgan fingerprint density at radius 2 is 1.80 bits per heavy atom. The molecule has 0 atom stereocenters. The van der Waals surface area contributed by atoms with Gasteiger partial charge in [0.25, 0.3) is 0 Å². The summed E-state index contributed by atoms with van der Waals surface area (Å²) in [6.07, 6.45) is 0. The first-order chi connectivity index (χ1) is 9.47. The van der Waals surface area contributed by atoms with Crippen molar-refractivity contribution in [3.63, 3.8) is 0 Å². The highest BCUT2D eigenvalue weighted by atomic mass is 32.3. The SMILES string of the molecule is Nc1ccc2sc(S(=O)(=O)O)nc2c1-c1ccccc1. The number of aromatic nitrogens is 1. The molecule has 0 radical (unpaired) electrons. The van der Waals surface area contributed by atoms with E-state index in [0.717, 1.165) is 16.9 Å². The lowest BCUT2D eigenvalue weighted by molar-refractivity contribution is 0.482. The van der Waals surface area contributed by atoms with Crippen molar-refractivity contribution in [1.82, 2.24) is 4.98 Å². The summed E-state index contributed by atoms with van der Waals surface area (Å²) in [6, 6.07) is 12.8. The highest BCUT2D eigenvalue weighted by molar-refractivity contribution is 7.88. The largest absolute Gasteiger partial charge is 0.398 e. The molecule has 0 aliphatic carbocycles. The summed E-state index contributed by atoms with van der Waals surface area (Å²) in [4.78, 5) is 4.02. The number of benzene rings is 2. The van der Waals surface area contributed by atoms with Gasteiger partial charge in [0.15, 0.2) is 0 Å². The van der Waals surface area contributed by atoms with Crippen LogP contribution in [0.2, 0.25) is 0 Å². The van der Waals surface area contributed by atoms with Gasteiger partial charge in [0.05, 0.1) is 10.2 Å². The van der Waals surface area contributed by atoms with Gasteiger partial charge in [0, 0.05) is 11.3 Å². The first-order valence-corrected chi connectivity index (χ1v) is 7.94. The minimum atomic E-state index is -4.31. The van der Waals surface area contributed by atoms with Gasteiger partial charge in [-0.1, -0.05) is 30.3 Å². The monoisotopic (exact) mass is 306 g/mol. The van der Waals surface area contributed by atoms with Gasteiger partial charge in [0.1, 0.15) is 0 Å². The number of fused-ring (bicyclic) bond motifs is 1. The summed E-state index contributed by atoms with van der Waals surface area (Å²) in [5.74, 6) is 0. The first-order valence-electron chi connectivity index (χ1n) is 5.69. The molecule has 2 aromatic carbocycles. The molecule has 5 nitrogen and oxygen atoms in total. The summed E-state index contributed by atoms with van der Waals surface area (Å²) in [7, 11) is -4.31. The topological polar surface area (TPSA) is 93.3 Å². The van der Waals surface area contributed by atoms with Crippen LogP contribution in [0, 0.1) is 0 Å². The zero-order chi connectivity index (χ0) is 14.3. The van der Waals surface area contributed by atoms with E-state index in [1.54, 1.807) is 12.1 Å². The fourth-order valence-electron chi connectivity index (χ4n) is 2.01. The molecule has 1 aromatic heterocycles. The van der Waals surface area contributed by atoms with Crippen molar-refractivity contribution in [3.8, 4) is 11.1 Å². The molecule has 0 fully saturated rings. The smallest absolute Gasteiger partial charge is 0.322 e. The Bertz CT molecular complexity index is 887. The van der Waals surface area contributed by atoms with Crippen molar-refractivity contribution >= 4 is 37.4 Å². The highest BCUT2D eigenvalue weighted by Crippen LogP contribution is 2.36. The minimum Gasteiger partial charge on any atom is -0.398 e. The van der Waals surface area contributed by atoms with Crippen molar-refractivity contribution in [1.29, 1.82) is 0 Å². The number of nitrogen functional groups attached to an aromatic ring is 1. The van der Waals surface area contributed by atoms with E-state index >= 15 is 0 Å². The quantitative estimate of drug-likeness (QED) is 0.561. The molecule has 0 aliphatic heterocycles. The summed E-state index contributed by atoms with van der Waals surface area (Å²) >= 11 is 0.917. The van der Waals surface area contributed by atoms with Crippen molar-refractivity contribution in [2.45, 2.75) is 4.34 Å². The highest BCUT2D eigenvalue weighted by Gasteiger charge is 2.19. The Balaban J connectivity index is 2.37. The van der Waals surface area contributed by atoms with Crippen molar-refractivity contribution in [2.24, 2.45) is 0 Å². The van der Waals surface area contributed by atoms with Crippen LogP contribution in [0.15, 0.2) is 46.8 Å². The summed E-state index contributed by atoms with van der Waals surface area (Å²) in [6.45, 7) is 0. The molecule has 102 valence electrons. The fourth-order valence-corrected chi connectivity index (χ4v) is 3.61. The molecular formula is C13H10N2O3S2.